The van der Waals surface area contributed by atoms with E-state index in [1.807, 2.05) is 29.4 Å². The highest BCUT2D eigenvalue weighted by atomic mass is 32.2. The van der Waals surface area contributed by atoms with E-state index < -0.39 is 0 Å². The van der Waals surface area contributed by atoms with E-state index in [2.05, 4.69) is 29.0 Å². The number of carbonyl (C=O) groups is 1. The summed E-state index contributed by atoms with van der Waals surface area (Å²) in [5.74, 6) is 0.674. The SMILES string of the molecule is COc1cc(SC)ccc1C(=O)N1CCc2sccc2C1c1cccs1. The van der Waals surface area contributed by atoms with Gasteiger partial charge >= 0.3 is 0 Å². The number of rotatable bonds is 4. The molecule has 0 N–H and O–H groups in total. The van der Waals surface area contributed by atoms with Crippen molar-refractivity contribution in [3.8, 4) is 5.75 Å². The minimum absolute atomic E-state index is 0.0116. The Bertz CT molecular complexity index is 917. The van der Waals surface area contributed by atoms with Crippen LogP contribution in [-0.4, -0.2) is 30.7 Å². The number of nitrogens with zero attached hydrogens (tertiary/aromatic N) is 1. The maximum atomic E-state index is 13.5. The van der Waals surface area contributed by atoms with E-state index >= 15 is 0 Å². The summed E-state index contributed by atoms with van der Waals surface area (Å²) < 4.78 is 5.52. The van der Waals surface area contributed by atoms with Crippen LogP contribution in [0.1, 0.15) is 31.7 Å². The Morgan fingerprint density at radius 2 is 2.12 bits per heavy atom. The minimum atomic E-state index is -0.0116. The second-order valence-electron chi connectivity index (χ2n) is 6.03. The van der Waals surface area contributed by atoms with Crippen LogP contribution < -0.4 is 4.74 Å². The first kappa shape index (κ1) is 17.6. The molecule has 0 spiro atoms. The van der Waals surface area contributed by atoms with Gasteiger partial charge in [0.15, 0.2) is 0 Å². The van der Waals surface area contributed by atoms with Crippen LogP contribution in [0.3, 0.4) is 0 Å². The molecule has 2 aromatic heterocycles. The molecule has 0 saturated heterocycles. The number of thiophene rings is 2. The summed E-state index contributed by atoms with van der Waals surface area (Å²) in [4.78, 5) is 19.1. The van der Waals surface area contributed by atoms with E-state index in [1.165, 1.54) is 15.3 Å². The first-order valence-electron chi connectivity index (χ1n) is 8.35. The molecule has 1 amide bonds. The fourth-order valence-corrected chi connectivity index (χ4v) is 5.61. The summed E-state index contributed by atoms with van der Waals surface area (Å²) >= 11 is 5.14. The molecule has 0 saturated carbocycles. The molecule has 3 heterocycles. The summed E-state index contributed by atoms with van der Waals surface area (Å²) in [5, 5.41) is 4.21. The Kier molecular flexibility index (Phi) is 5.07. The number of hydrogen-bond donors (Lipinski definition) is 0. The summed E-state index contributed by atoms with van der Waals surface area (Å²) in [6.07, 6.45) is 2.93. The number of carbonyl (C=O) groups excluding carboxylic acids is 1. The zero-order chi connectivity index (χ0) is 18.1. The second-order valence-corrected chi connectivity index (χ2v) is 8.89. The van der Waals surface area contributed by atoms with Gasteiger partial charge in [-0.2, -0.15) is 0 Å². The lowest BCUT2D eigenvalue weighted by Gasteiger charge is -2.35. The van der Waals surface area contributed by atoms with Crippen LogP contribution in [0.25, 0.3) is 0 Å². The van der Waals surface area contributed by atoms with Crippen molar-refractivity contribution in [2.45, 2.75) is 17.4 Å². The van der Waals surface area contributed by atoms with Crippen molar-refractivity contribution in [3.05, 3.63) is 68.0 Å². The van der Waals surface area contributed by atoms with Gasteiger partial charge in [-0.15, -0.1) is 34.4 Å². The molecule has 26 heavy (non-hydrogen) atoms. The van der Waals surface area contributed by atoms with E-state index in [9.17, 15) is 4.79 Å². The Morgan fingerprint density at radius 3 is 2.85 bits per heavy atom. The normalized spacial score (nSPS) is 16.4. The lowest BCUT2D eigenvalue weighted by Crippen LogP contribution is -2.39. The first-order chi connectivity index (χ1) is 12.7. The Hall–Kier alpha value is -1.76. The molecule has 0 aliphatic carbocycles. The number of thioether (sulfide) groups is 1. The van der Waals surface area contributed by atoms with E-state index in [0.29, 0.717) is 11.3 Å². The third-order valence-electron chi connectivity index (χ3n) is 4.68. The van der Waals surface area contributed by atoms with Crippen LogP contribution in [0.5, 0.6) is 5.75 Å². The van der Waals surface area contributed by atoms with Crippen molar-refractivity contribution in [2.24, 2.45) is 0 Å². The van der Waals surface area contributed by atoms with Gasteiger partial charge in [-0.3, -0.25) is 4.79 Å². The van der Waals surface area contributed by atoms with E-state index in [0.717, 1.165) is 17.9 Å². The Morgan fingerprint density at radius 1 is 1.23 bits per heavy atom. The predicted molar refractivity (Wildman–Crippen MR) is 110 cm³/mol. The average molecular weight is 402 g/mol. The molecule has 4 rings (SSSR count). The van der Waals surface area contributed by atoms with Crippen LogP contribution in [0.4, 0.5) is 0 Å². The minimum Gasteiger partial charge on any atom is -0.496 e. The average Bonchev–Trinajstić information content (AvgIpc) is 3.37. The molecule has 1 aromatic carbocycles. The van der Waals surface area contributed by atoms with Crippen LogP contribution in [0, 0.1) is 0 Å². The molecule has 0 bridgehead atoms. The summed E-state index contributed by atoms with van der Waals surface area (Å²) in [5.41, 5.74) is 1.89. The molecule has 0 radical (unpaired) electrons. The monoisotopic (exact) mass is 401 g/mol. The molecule has 0 fully saturated rings. The van der Waals surface area contributed by atoms with Crippen LogP contribution >= 0.6 is 34.4 Å². The molecule has 1 aliphatic heterocycles. The Balaban J connectivity index is 1.76. The number of amides is 1. The van der Waals surface area contributed by atoms with E-state index in [1.54, 1.807) is 41.5 Å². The molecule has 3 aromatic rings. The van der Waals surface area contributed by atoms with Crippen LogP contribution in [-0.2, 0) is 6.42 Å². The smallest absolute Gasteiger partial charge is 0.258 e. The van der Waals surface area contributed by atoms with Gasteiger partial charge in [-0.05, 0) is 59.3 Å². The molecular formula is C20H19NO2S3. The standard InChI is InChI=1S/C20H19NO2S3/c1-23-16-12-13(24-2)5-6-14(16)20(22)21-9-7-17-15(8-11-26-17)19(21)18-4-3-10-25-18/h3-6,8,10-12,19H,7,9H2,1-2H3. The molecule has 6 heteroatoms. The number of fused-ring (bicyclic) bond motifs is 1. The highest BCUT2D eigenvalue weighted by molar-refractivity contribution is 7.98. The third kappa shape index (κ3) is 3.06. The van der Waals surface area contributed by atoms with Crippen LogP contribution in [0.2, 0.25) is 0 Å². The number of benzene rings is 1. The fraction of sp³-hybridized carbons (Fsp3) is 0.250. The van der Waals surface area contributed by atoms with Gasteiger partial charge in [0.1, 0.15) is 5.75 Å². The van der Waals surface area contributed by atoms with Crippen molar-refractivity contribution in [3.63, 3.8) is 0 Å². The van der Waals surface area contributed by atoms with Gasteiger partial charge in [0.2, 0.25) is 0 Å². The van der Waals surface area contributed by atoms with Crippen molar-refractivity contribution in [1.29, 1.82) is 0 Å². The summed E-state index contributed by atoms with van der Waals surface area (Å²) in [7, 11) is 1.63. The zero-order valence-corrected chi connectivity index (χ0v) is 17.0. The highest BCUT2D eigenvalue weighted by Gasteiger charge is 2.34. The number of ether oxygens (including phenoxy) is 1. The third-order valence-corrected chi connectivity index (χ3v) is 7.33. The van der Waals surface area contributed by atoms with Crippen molar-refractivity contribution < 1.29 is 9.53 Å². The molecule has 134 valence electrons. The molecule has 1 aliphatic rings. The summed E-state index contributed by atoms with van der Waals surface area (Å²) in [6, 6.07) is 12.1. The lowest BCUT2D eigenvalue weighted by atomic mass is 9.97. The quantitative estimate of drug-likeness (QED) is 0.554. The molecule has 1 atom stereocenters. The fourth-order valence-electron chi connectivity index (χ4n) is 3.42. The van der Waals surface area contributed by atoms with Crippen molar-refractivity contribution in [2.75, 3.05) is 19.9 Å². The molecule has 1 unspecified atom stereocenters. The maximum absolute atomic E-state index is 13.5. The largest absolute Gasteiger partial charge is 0.496 e. The highest BCUT2D eigenvalue weighted by Crippen LogP contribution is 2.41. The maximum Gasteiger partial charge on any atom is 0.258 e. The van der Waals surface area contributed by atoms with Gasteiger partial charge in [0, 0.05) is 21.2 Å². The Labute approximate surface area is 165 Å². The van der Waals surface area contributed by atoms with Gasteiger partial charge in [0.05, 0.1) is 18.7 Å². The van der Waals surface area contributed by atoms with E-state index in [-0.39, 0.29) is 11.9 Å². The van der Waals surface area contributed by atoms with E-state index in [4.69, 9.17) is 4.74 Å². The number of hydrogen-bond acceptors (Lipinski definition) is 5. The predicted octanol–water partition coefficient (Wildman–Crippen LogP) is 5.33. The first-order valence-corrected chi connectivity index (χ1v) is 11.3. The van der Waals surface area contributed by atoms with Crippen LogP contribution in [0.15, 0.2) is 52.1 Å². The lowest BCUT2D eigenvalue weighted by molar-refractivity contribution is 0.0695. The van der Waals surface area contributed by atoms with Gasteiger partial charge in [-0.1, -0.05) is 6.07 Å². The van der Waals surface area contributed by atoms with Gasteiger partial charge in [0.25, 0.3) is 5.91 Å². The second kappa shape index (κ2) is 7.47. The van der Waals surface area contributed by atoms with Crippen molar-refractivity contribution in [1.82, 2.24) is 4.90 Å². The summed E-state index contributed by atoms with van der Waals surface area (Å²) in [6.45, 7) is 0.725. The topological polar surface area (TPSA) is 29.5 Å². The zero-order valence-electron chi connectivity index (χ0n) is 14.6. The van der Waals surface area contributed by atoms with Crippen molar-refractivity contribution >= 4 is 40.3 Å². The number of methoxy groups -OCH3 is 1. The molecule has 3 nitrogen and oxygen atoms in total. The molecular weight excluding hydrogens is 382 g/mol. The van der Waals surface area contributed by atoms with Gasteiger partial charge in [-0.25, -0.2) is 0 Å². The van der Waals surface area contributed by atoms with Gasteiger partial charge < -0.3 is 9.64 Å².